The summed E-state index contributed by atoms with van der Waals surface area (Å²) in [6.45, 7) is 11.6. The van der Waals surface area contributed by atoms with E-state index in [1.165, 1.54) is 25.7 Å². The highest BCUT2D eigenvalue weighted by molar-refractivity contribution is 5.24. The van der Waals surface area contributed by atoms with Gasteiger partial charge in [0.25, 0.3) is 0 Å². The minimum Gasteiger partial charge on any atom is -0.0995 e. The Morgan fingerprint density at radius 3 is 2.73 bits per heavy atom. The van der Waals surface area contributed by atoms with E-state index >= 15 is 0 Å². The Morgan fingerprint density at radius 2 is 2.07 bits per heavy atom. The first-order chi connectivity index (χ1) is 7.03. The Kier molecular flexibility index (Phi) is 1.92. The van der Waals surface area contributed by atoms with Crippen LogP contribution in [0.25, 0.3) is 0 Å². The summed E-state index contributed by atoms with van der Waals surface area (Å²) in [5.41, 5.74) is 2.35. The molecule has 84 valence electrons. The Hall–Kier alpha value is -0.260. The van der Waals surface area contributed by atoms with Crippen LogP contribution in [0.4, 0.5) is 0 Å². The van der Waals surface area contributed by atoms with Crippen molar-refractivity contribution in [3.05, 3.63) is 12.2 Å². The Bertz CT molecular complexity index is 301. The fourth-order valence-electron chi connectivity index (χ4n) is 5.14. The molecule has 3 fully saturated rings. The summed E-state index contributed by atoms with van der Waals surface area (Å²) < 4.78 is 0. The first kappa shape index (κ1) is 9.93. The van der Waals surface area contributed by atoms with Gasteiger partial charge in [0.2, 0.25) is 0 Å². The lowest BCUT2D eigenvalue weighted by atomic mass is 9.60. The van der Waals surface area contributed by atoms with Gasteiger partial charge in [-0.2, -0.15) is 0 Å². The average Bonchev–Trinajstić information content (AvgIpc) is 2.76. The van der Waals surface area contributed by atoms with Crippen molar-refractivity contribution < 1.29 is 0 Å². The highest BCUT2D eigenvalue weighted by Gasteiger charge is 2.64. The molecule has 3 aliphatic carbocycles. The summed E-state index contributed by atoms with van der Waals surface area (Å²) in [7, 11) is 0. The Labute approximate surface area is 94.1 Å². The van der Waals surface area contributed by atoms with Gasteiger partial charge in [0.05, 0.1) is 0 Å². The van der Waals surface area contributed by atoms with Gasteiger partial charge in [-0.25, -0.2) is 0 Å². The van der Waals surface area contributed by atoms with Crippen molar-refractivity contribution in [3.63, 3.8) is 0 Å². The van der Waals surface area contributed by atoms with Crippen LogP contribution >= 0.6 is 0 Å². The SMILES string of the molecule is C=C1CC23CC(C)CC(C1C(C)C)C2C3. The zero-order valence-corrected chi connectivity index (χ0v) is 10.4. The van der Waals surface area contributed by atoms with Crippen molar-refractivity contribution in [2.24, 2.45) is 35.0 Å². The van der Waals surface area contributed by atoms with Gasteiger partial charge in [-0.15, -0.1) is 0 Å². The van der Waals surface area contributed by atoms with Crippen molar-refractivity contribution in [1.29, 1.82) is 0 Å². The van der Waals surface area contributed by atoms with Gasteiger partial charge in [0.1, 0.15) is 0 Å². The first-order valence-corrected chi connectivity index (χ1v) is 6.71. The molecule has 0 aromatic carbocycles. The molecule has 0 amide bonds. The molecule has 2 bridgehead atoms. The van der Waals surface area contributed by atoms with E-state index in [0.29, 0.717) is 0 Å². The summed E-state index contributed by atoms with van der Waals surface area (Å²) in [5, 5.41) is 0. The molecule has 0 radical (unpaired) electrons. The summed E-state index contributed by atoms with van der Waals surface area (Å²) >= 11 is 0. The molecule has 0 spiro atoms. The Balaban J connectivity index is 1.92. The van der Waals surface area contributed by atoms with Crippen molar-refractivity contribution in [2.75, 3.05) is 0 Å². The molecule has 0 aliphatic heterocycles. The molecule has 5 unspecified atom stereocenters. The van der Waals surface area contributed by atoms with Crippen LogP contribution in [0.15, 0.2) is 12.2 Å². The maximum Gasteiger partial charge on any atom is -0.0151 e. The maximum atomic E-state index is 4.40. The lowest BCUT2D eigenvalue weighted by Gasteiger charge is -2.45. The zero-order valence-electron chi connectivity index (χ0n) is 10.4. The van der Waals surface area contributed by atoms with Crippen LogP contribution in [-0.2, 0) is 0 Å². The third-order valence-electron chi connectivity index (χ3n) is 5.43. The number of hydrogen-bond acceptors (Lipinski definition) is 0. The van der Waals surface area contributed by atoms with Crippen LogP contribution in [0.2, 0.25) is 0 Å². The molecule has 3 saturated carbocycles. The largest absolute Gasteiger partial charge is 0.0995 e. The summed E-state index contributed by atoms with van der Waals surface area (Å²) in [4.78, 5) is 0. The molecule has 0 aromatic rings. The highest BCUT2D eigenvalue weighted by Crippen LogP contribution is 2.73. The molecule has 3 rings (SSSR count). The van der Waals surface area contributed by atoms with E-state index in [4.69, 9.17) is 0 Å². The first-order valence-electron chi connectivity index (χ1n) is 6.71. The van der Waals surface area contributed by atoms with Crippen LogP contribution in [0, 0.1) is 35.0 Å². The third kappa shape index (κ3) is 1.26. The molecule has 0 heterocycles. The lowest BCUT2D eigenvalue weighted by molar-refractivity contribution is 0.0982. The van der Waals surface area contributed by atoms with Crippen molar-refractivity contribution >= 4 is 0 Å². The fourth-order valence-corrected chi connectivity index (χ4v) is 5.14. The topological polar surface area (TPSA) is 0 Å². The predicted octanol–water partition coefficient (Wildman–Crippen LogP) is 4.27. The number of rotatable bonds is 1. The minimum atomic E-state index is 0.755. The minimum absolute atomic E-state index is 0.755. The van der Waals surface area contributed by atoms with E-state index in [-0.39, 0.29) is 0 Å². The average molecular weight is 204 g/mol. The molecule has 0 heteroatoms. The van der Waals surface area contributed by atoms with E-state index in [0.717, 1.165) is 35.0 Å². The standard InChI is InChI=1S/C15H24/c1-9(2)14-11(4)7-15-6-10(3)5-12(14)13(15)8-15/h9-10,12-14H,4-8H2,1-3H3. The van der Waals surface area contributed by atoms with E-state index in [9.17, 15) is 0 Å². The van der Waals surface area contributed by atoms with Gasteiger partial charge in [-0.05, 0) is 60.7 Å². The van der Waals surface area contributed by atoms with Gasteiger partial charge in [-0.3, -0.25) is 0 Å². The van der Waals surface area contributed by atoms with Gasteiger partial charge in [-0.1, -0.05) is 32.9 Å². The zero-order chi connectivity index (χ0) is 10.8. The molecule has 5 atom stereocenters. The molecular formula is C15H24. The normalized spacial score (nSPS) is 52.9. The quantitative estimate of drug-likeness (QED) is 0.559. The van der Waals surface area contributed by atoms with Gasteiger partial charge in [0.15, 0.2) is 0 Å². The van der Waals surface area contributed by atoms with Gasteiger partial charge >= 0.3 is 0 Å². The number of hydrogen-bond donors (Lipinski definition) is 0. The number of allylic oxidation sites excluding steroid dienone is 1. The van der Waals surface area contributed by atoms with Crippen LogP contribution in [0.1, 0.15) is 46.5 Å². The molecule has 0 N–H and O–H groups in total. The smallest absolute Gasteiger partial charge is 0.0151 e. The van der Waals surface area contributed by atoms with Gasteiger partial charge in [0, 0.05) is 0 Å². The highest BCUT2D eigenvalue weighted by atomic mass is 14.7. The van der Waals surface area contributed by atoms with Crippen LogP contribution in [-0.4, -0.2) is 0 Å². The van der Waals surface area contributed by atoms with E-state index in [1.54, 1.807) is 5.57 Å². The van der Waals surface area contributed by atoms with E-state index in [1.807, 2.05) is 0 Å². The predicted molar refractivity (Wildman–Crippen MR) is 64.5 cm³/mol. The summed E-state index contributed by atoms with van der Waals surface area (Å²) in [6, 6.07) is 0. The second kappa shape index (κ2) is 2.90. The molecule has 3 aliphatic rings. The van der Waals surface area contributed by atoms with Gasteiger partial charge < -0.3 is 0 Å². The summed E-state index contributed by atoms with van der Waals surface area (Å²) in [5.74, 6) is 4.71. The molecule has 0 saturated heterocycles. The second-order valence-electron chi connectivity index (χ2n) is 6.99. The fraction of sp³-hybridized carbons (Fsp3) is 0.867. The second-order valence-corrected chi connectivity index (χ2v) is 6.99. The maximum absolute atomic E-state index is 4.40. The van der Waals surface area contributed by atoms with Crippen molar-refractivity contribution in [2.45, 2.75) is 46.5 Å². The third-order valence-corrected chi connectivity index (χ3v) is 5.43. The van der Waals surface area contributed by atoms with E-state index < -0.39 is 0 Å². The Morgan fingerprint density at radius 1 is 1.33 bits per heavy atom. The van der Waals surface area contributed by atoms with E-state index in [2.05, 4.69) is 27.4 Å². The van der Waals surface area contributed by atoms with Crippen LogP contribution < -0.4 is 0 Å². The molecule has 15 heavy (non-hydrogen) atoms. The monoisotopic (exact) mass is 204 g/mol. The summed E-state index contributed by atoms with van der Waals surface area (Å²) in [6.07, 6.45) is 5.87. The van der Waals surface area contributed by atoms with Crippen LogP contribution in [0.3, 0.4) is 0 Å². The van der Waals surface area contributed by atoms with Crippen LogP contribution in [0.5, 0.6) is 0 Å². The van der Waals surface area contributed by atoms with Crippen molar-refractivity contribution in [3.8, 4) is 0 Å². The molecule has 0 aromatic heterocycles. The van der Waals surface area contributed by atoms with Crippen molar-refractivity contribution in [1.82, 2.24) is 0 Å². The molecule has 0 nitrogen and oxygen atoms in total. The lowest BCUT2D eigenvalue weighted by Crippen LogP contribution is -2.37. The molecular weight excluding hydrogens is 180 g/mol.